The Morgan fingerprint density at radius 3 is 2.54 bits per heavy atom. The highest BCUT2D eigenvalue weighted by Gasteiger charge is 2.40. The molecular weight excluding hydrogens is 901 g/mol. The minimum atomic E-state index is -4.94. The van der Waals surface area contributed by atoms with Gasteiger partial charge in [0.2, 0.25) is 0 Å². The molecule has 1 aromatic heterocycles. The Balaban J connectivity index is 1.14. The number of phosphoric acid groups is 1. The van der Waals surface area contributed by atoms with E-state index in [0.29, 0.717) is 45.5 Å². The average molecular weight is 948 g/mol. The number of hydrogen-bond donors (Lipinski definition) is 7. The van der Waals surface area contributed by atoms with Crippen LogP contribution in [0.25, 0.3) is 33.4 Å². The van der Waals surface area contributed by atoms with Crippen LogP contribution in [0.3, 0.4) is 0 Å². The SMILES string of the molecule is CCNc1cc2oc3cc(=N)c(C)cc-3c(-c3ccc(C(=O)NCC(C)(C)SSCO[C@@H]4C[C@H](n5cc(C)c(=O)[nH]c5=O)O[C@@H]4COP(=O)(O)O[PH](=O)O)cc3C(=O)O)c2cc1C. The number of phosphoric ester groups is 1. The number of anilines is 1. The lowest BCUT2D eigenvalue weighted by atomic mass is 9.88. The van der Waals surface area contributed by atoms with Crippen molar-refractivity contribution in [2.45, 2.75) is 71.1 Å². The van der Waals surface area contributed by atoms with E-state index in [1.807, 2.05) is 39.8 Å². The van der Waals surface area contributed by atoms with E-state index in [9.17, 15) is 38.3 Å². The smallest absolute Gasteiger partial charge is 0.478 e. The summed E-state index contributed by atoms with van der Waals surface area (Å²) in [5.74, 6) is -1.29. The fourth-order valence-electron chi connectivity index (χ4n) is 6.96. The quantitative estimate of drug-likeness (QED) is 0.0166. The fraction of sp³-hybridized carbons (Fsp3) is 0.375. The Labute approximate surface area is 368 Å². The molecule has 7 N–H and O–H groups in total. The minimum Gasteiger partial charge on any atom is -0.478 e. The second-order valence-electron chi connectivity index (χ2n) is 15.3. The molecule has 0 bridgehead atoms. The molecule has 19 nitrogen and oxygen atoms in total. The van der Waals surface area contributed by atoms with Gasteiger partial charge in [-0.25, -0.2) is 18.5 Å². The Kier molecular flexibility index (Phi) is 15.0. The molecule has 3 aromatic rings. The number of fused-ring (bicyclic) bond motifs is 2. The Morgan fingerprint density at radius 1 is 1.10 bits per heavy atom. The molecule has 3 aliphatic rings. The standard InChI is InChI=1S/C40H47N5O14P2S2/c1-7-42-29-14-31-27(11-21(29)3)35(26-10-20(2)28(41)13-30(26)57-31)24-9-8-23(12-25(24)38(48)49)37(47)43-18-40(5,6)63-62-19-55-32-15-34(45-16-22(4)36(46)44-39(45)50)58-33(32)17-56-61(53,54)59-60(51)52/h8-14,16,32-34,41-42,60H,7,15,17-19H2,1-6H3,(H,43,47)(H,48,49)(H,51,52)(H,53,54)(H,44,46,50)/t32-,33-,34-/m1/s1. The highest BCUT2D eigenvalue weighted by atomic mass is 33.1. The molecule has 5 atom stereocenters. The molecule has 6 rings (SSSR count). The van der Waals surface area contributed by atoms with Gasteiger partial charge < -0.3 is 44.8 Å². The molecule has 1 amide bonds. The van der Waals surface area contributed by atoms with E-state index in [1.165, 1.54) is 40.8 Å². The summed E-state index contributed by atoms with van der Waals surface area (Å²) in [6.07, 6.45) is -1.46. The van der Waals surface area contributed by atoms with Gasteiger partial charge in [-0.2, -0.15) is 0 Å². The number of aromatic nitrogens is 2. The third kappa shape index (κ3) is 11.4. The predicted octanol–water partition coefficient (Wildman–Crippen LogP) is 6.33. The number of ether oxygens (including phenoxy) is 2. The van der Waals surface area contributed by atoms with Gasteiger partial charge >= 0.3 is 27.7 Å². The monoisotopic (exact) mass is 947 g/mol. The normalized spacial score (nSPS) is 18.1. The molecule has 23 heteroatoms. The number of H-pyrrole nitrogens is 1. The molecule has 0 saturated carbocycles. The van der Waals surface area contributed by atoms with Crippen LogP contribution in [-0.2, 0) is 27.4 Å². The van der Waals surface area contributed by atoms with Crippen molar-refractivity contribution in [3.8, 4) is 22.5 Å². The fourth-order valence-corrected chi connectivity index (χ4v) is 10.5. The van der Waals surface area contributed by atoms with Crippen molar-refractivity contribution in [2.24, 2.45) is 0 Å². The predicted molar refractivity (Wildman–Crippen MR) is 239 cm³/mol. The Morgan fingerprint density at radius 2 is 1.84 bits per heavy atom. The van der Waals surface area contributed by atoms with Crippen molar-refractivity contribution < 1.29 is 56.3 Å². The molecule has 3 heterocycles. The number of carboxylic acids is 1. The summed E-state index contributed by atoms with van der Waals surface area (Å²) in [4.78, 5) is 71.9. The summed E-state index contributed by atoms with van der Waals surface area (Å²) in [5.41, 5.74) is 3.48. The van der Waals surface area contributed by atoms with Crippen LogP contribution in [0.1, 0.15) is 70.8 Å². The summed E-state index contributed by atoms with van der Waals surface area (Å²) in [7, 11) is -6.11. The maximum Gasteiger partial charge on any atom is 0.479 e. The number of carbonyl (C=O) groups excluding carboxylic acids is 1. The van der Waals surface area contributed by atoms with E-state index < -0.39 is 69.0 Å². The lowest BCUT2D eigenvalue weighted by Crippen LogP contribution is -2.36. The van der Waals surface area contributed by atoms with Gasteiger partial charge in [-0.1, -0.05) is 27.7 Å². The van der Waals surface area contributed by atoms with Crippen LogP contribution < -0.4 is 27.2 Å². The second kappa shape index (κ2) is 19.7. The summed E-state index contributed by atoms with van der Waals surface area (Å²) in [6.45, 7) is 11.2. The van der Waals surface area contributed by atoms with Gasteiger partial charge in [0.05, 0.1) is 23.6 Å². The number of aromatic amines is 1. The van der Waals surface area contributed by atoms with E-state index in [0.717, 1.165) is 15.8 Å². The summed E-state index contributed by atoms with van der Waals surface area (Å²) in [5, 5.41) is 26.1. The highest BCUT2D eigenvalue weighted by molar-refractivity contribution is 8.77. The van der Waals surface area contributed by atoms with E-state index in [-0.39, 0.29) is 41.0 Å². The summed E-state index contributed by atoms with van der Waals surface area (Å²) in [6, 6.07) is 11.7. The molecule has 63 heavy (non-hydrogen) atoms. The topological polar surface area (TPSA) is 282 Å². The van der Waals surface area contributed by atoms with Crippen molar-refractivity contribution in [1.82, 2.24) is 14.9 Å². The Hall–Kier alpha value is -4.53. The molecule has 0 radical (unpaired) electrons. The van der Waals surface area contributed by atoms with Gasteiger partial charge in [-0.3, -0.25) is 28.2 Å². The first kappa shape index (κ1) is 47.9. The number of carboxylic acid groups (broad SMARTS) is 1. The van der Waals surface area contributed by atoms with Crippen LogP contribution >= 0.6 is 37.7 Å². The largest absolute Gasteiger partial charge is 0.479 e. The molecule has 2 aromatic carbocycles. The number of nitrogens with zero attached hydrogens (tertiary/aromatic N) is 1. The van der Waals surface area contributed by atoms with Crippen molar-refractivity contribution in [2.75, 3.05) is 31.0 Å². The number of rotatable bonds is 18. The number of nitrogens with one attached hydrogen (secondary N) is 4. The van der Waals surface area contributed by atoms with E-state index >= 15 is 0 Å². The van der Waals surface area contributed by atoms with Gasteiger partial charge in [0.15, 0.2) is 0 Å². The third-order valence-corrected chi connectivity index (χ3v) is 15.0. The molecule has 2 unspecified atom stereocenters. The number of hydrogen-bond acceptors (Lipinski definition) is 15. The molecule has 1 saturated heterocycles. The van der Waals surface area contributed by atoms with Gasteiger partial charge in [0.1, 0.15) is 29.6 Å². The van der Waals surface area contributed by atoms with Crippen LogP contribution in [0.2, 0.25) is 0 Å². The molecule has 1 aliphatic carbocycles. The Bertz CT molecular complexity index is 2790. The minimum absolute atomic E-state index is 0.0363. The van der Waals surface area contributed by atoms with Crippen LogP contribution in [-0.4, -0.2) is 78.9 Å². The zero-order valence-electron chi connectivity index (χ0n) is 34.9. The summed E-state index contributed by atoms with van der Waals surface area (Å²) < 4.78 is 50.9. The number of aryl methyl sites for hydroxylation is 3. The first-order valence-electron chi connectivity index (χ1n) is 19.4. The zero-order chi connectivity index (χ0) is 46.0. The number of benzene rings is 3. The molecule has 338 valence electrons. The number of aromatic carboxylic acids is 1. The highest BCUT2D eigenvalue weighted by Crippen LogP contribution is 2.51. The van der Waals surface area contributed by atoms with Crippen molar-refractivity contribution in [3.05, 3.63) is 103 Å². The van der Waals surface area contributed by atoms with Crippen molar-refractivity contribution >= 4 is 66.2 Å². The van der Waals surface area contributed by atoms with Crippen molar-refractivity contribution in [1.29, 1.82) is 5.41 Å². The lowest BCUT2D eigenvalue weighted by Gasteiger charge is -2.24. The van der Waals surface area contributed by atoms with Crippen LogP contribution in [0.15, 0.2) is 62.7 Å². The number of carbonyl (C=O) groups is 2. The zero-order valence-corrected chi connectivity index (χ0v) is 38.5. The van der Waals surface area contributed by atoms with E-state index in [4.69, 9.17) is 28.7 Å². The maximum absolute atomic E-state index is 13.6. The van der Waals surface area contributed by atoms with Gasteiger partial charge in [-0.05, 0) is 82.5 Å². The average Bonchev–Trinajstić information content (AvgIpc) is 3.61. The van der Waals surface area contributed by atoms with Crippen molar-refractivity contribution in [3.63, 3.8) is 0 Å². The molecule has 2 aliphatic heterocycles. The van der Waals surface area contributed by atoms with E-state index in [1.54, 1.807) is 31.2 Å². The maximum atomic E-state index is 13.6. The lowest BCUT2D eigenvalue weighted by molar-refractivity contribution is -0.0541. The third-order valence-electron chi connectivity index (χ3n) is 10.1. The van der Waals surface area contributed by atoms with E-state index in [2.05, 4.69) is 19.9 Å². The summed E-state index contributed by atoms with van der Waals surface area (Å²) >= 11 is 0. The van der Waals surface area contributed by atoms with Crippen LogP contribution in [0.5, 0.6) is 0 Å². The number of amides is 1. The van der Waals surface area contributed by atoms with Gasteiger partial charge in [0, 0.05) is 75.9 Å². The molecule has 1 fully saturated rings. The van der Waals surface area contributed by atoms with Gasteiger partial charge in [-0.15, -0.1) is 0 Å². The first-order chi connectivity index (χ1) is 29.7. The second-order valence-corrected chi connectivity index (χ2v) is 20.7. The first-order valence-corrected chi connectivity index (χ1v) is 24.5. The van der Waals surface area contributed by atoms with Gasteiger partial charge in [0.25, 0.3) is 11.5 Å². The molecule has 0 spiro atoms. The molecular formula is C40H47N5O14P2S2. The van der Waals surface area contributed by atoms with Crippen LogP contribution in [0.4, 0.5) is 5.69 Å². The van der Waals surface area contributed by atoms with Crippen LogP contribution in [0, 0.1) is 26.2 Å².